The lowest BCUT2D eigenvalue weighted by molar-refractivity contribution is -0.122. The van der Waals surface area contributed by atoms with Crippen molar-refractivity contribution in [1.29, 1.82) is 0 Å². The largest absolute Gasteiger partial charge is 0.478 e. The minimum atomic E-state index is -3.95. The van der Waals surface area contributed by atoms with Gasteiger partial charge in [0.25, 0.3) is 10.0 Å². The fourth-order valence-electron chi connectivity index (χ4n) is 3.99. The summed E-state index contributed by atoms with van der Waals surface area (Å²) in [6.45, 7) is 8.61. The van der Waals surface area contributed by atoms with Gasteiger partial charge in [-0.25, -0.2) is 13.2 Å². The van der Waals surface area contributed by atoms with E-state index in [0.717, 1.165) is 0 Å². The van der Waals surface area contributed by atoms with Crippen LogP contribution in [0.3, 0.4) is 0 Å². The Morgan fingerprint density at radius 3 is 2.35 bits per heavy atom. The summed E-state index contributed by atoms with van der Waals surface area (Å²) in [5.41, 5.74) is 1.25. The van der Waals surface area contributed by atoms with Gasteiger partial charge in [0.1, 0.15) is 0 Å². The first-order valence-electron chi connectivity index (χ1n) is 11.4. The maximum Gasteiger partial charge on any atom is 0.337 e. The molecular weight excluding hydrogens is 456 g/mol. The van der Waals surface area contributed by atoms with Gasteiger partial charge in [-0.2, -0.15) is 0 Å². The zero-order valence-electron chi connectivity index (χ0n) is 19.7. The van der Waals surface area contributed by atoms with Gasteiger partial charge in [0.2, 0.25) is 5.91 Å². The number of anilines is 2. The predicted octanol–water partition coefficient (Wildman–Crippen LogP) is 2.39. The normalized spacial score (nSPS) is 14.8. The number of piperazine rings is 1. The number of hydrogen-bond donors (Lipinski definition) is 3. The third-order valence-corrected chi connectivity index (χ3v) is 7.14. The van der Waals surface area contributed by atoms with Crippen LogP contribution in [-0.4, -0.2) is 69.1 Å². The van der Waals surface area contributed by atoms with Crippen molar-refractivity contribution < 1.29 is 23.1 Å². The molecule has 0 bridgehead atoms. The molecule has 0 spiro atoms. The number of rotatable bonds is 9. The summed E-state index contributed by atoms with van der Waals surface area (Å²) in [6.07, 6.45) is 0.535. The number of aromatic carboxylic acids is 1. The highest BCUT2D eigenvalue weighted by Crippen LogP contribution is 2.27. The van der Waals surface area contributed by atoms with Crippen LogP contribution >= 0.6 is 0 Å². The number of carboxylic acids is 1. The molecule has 184 valence electrons. The first-order chi connectivity index (χ1) is 16.1. The van der Waals surface area contributed by atoms with Gasteiger partial charge < -0.3 is 15.3 Å². The van der Waals surface area contributed by atoms with E-state index in [1.165, 1.54) is 18.2 Å². The number of sulfonamides is 1. The first-order valence-corrected chi connectivity index (χ1v) is 12.8. The second kappa shape index (κ2) is 10.9. The van der Waals surface area contributed by atoms with Crippen molar-refractivity contribution in [1.82, 2.24) is 10.2 Å². The van der Waals surface area contributed by atoms with Crippen molar-refractivity contribution in [3.63, 3.8) is 0 Å². The van der Waals surface area contributed by atoms with Gasteiger partial charge in [-0.1, -0.05) is 25.1 Å². The third-order valence-electron chi connectivity index (χ3n) is 5.68. The maximum absolute atomic E-state index is 13.0. The molecule has 0 unspecified atom stereocenters. The van der Waals surface area contributed by atoms with E-state index < -0.39 is 16.0 Å². The molecule has 2 aromatic carbocycles. The summed E-state index contributed by atoms with van der Waals surface area (Å²) < 4.78 is 28.4. The monoisotopic (exact) mass is 488 g/mol. The van der Waals surface area contributed by atoms with Gasteiger partial charge in [-0.05, 0) is 50.1 Å². The van der Waals surface area contributed by atoms with Crippen LogP contribution in [0, 0.1) is 0 Å². The number of carbonyl (C=O) groups excluding carboxylic acids is 1. The number of aryl methyl sites for hydroxylation is 1. The van der Waals surface area contributed by atoms with Gasteiger partial charge in [0.05, 0.1) is 22.7 Å². The molecule has 9 nitrogen and oxygen atoms in total. The SMILES string of the molecule is CCc1ccccc1S(=O)(=O)Nc1ccc(N2CCN(CC(=O)NC(C)C)CC2)cc1C(=O)O. The van der Waals surface area contributed by atoms with Crippen LogP contribution < -0.4 is 14.9 Å². The molecule has 0 aliphatic carbocycles. The summed E-state index contributed by atoms with van der Waals surface area (Å²) in [5, 5.41) is 12.6. The molecule has 1 aliphatic rings. The Balaban J connectivity index is 1.74. The summed E-state index contributed by atoms with van der Waals surface area (Å²) in [5.74, 6) is -1.23. The minimum Gasteiger partial charge on any atom is -0.478 e. The molecule has 3 rings (SSSR count). The van der Waals surface area contributed by atoms with Crippen LogP contribution in [0.15, 0.2) is 47.4 Å². The Hall–Kier alpha value is -3.11. The van der Waals surface area contributed by atoms with E-state index >= 15 is 0 Å². The van der Waals surface area contributed by atoms with Gasteiger partial charge >= 0.3 is 5.97 Å². The highest BCUT2D eigenvalue weighted by atomic mass is 32.2. The molecule has 2 aromatic rings. The fourth-order valence-corrected chi connectivity index (χ4v) is 5.38. The Labute approximate surface area is 200 Å². The van der Waals surface area contributed by atoms with E-state index in [1.807, 2.05) is 25.7 Å². The number of hydrogen-bond acceptors (Lipinski definition) is 6. The van der Waals surface area contributed by atoms with Gasteiger partial charge in [0.15, 0.2) is 0 Å². The molecule has 3 N–H and O–H groups in total. The average Bonchev–Trinajstić information content (AvgIpc) is 2.79. The van der Waals surface area contributed by atoms with E-state index in [0.29, 0.717) is 50.4 Å². The van der Waals surface area contributed by atoms with Crippen molar-refractivity contribution in [2.24, 2.45) is 0 Å². The lowest BCUT2D eigenvalue weighted by Gasteiger charge is -2.36. The second-order valence-electron chi connectivity index (χ2n) is 8.59. The number of nitrogens with one attached hydrogen (secondary N) is 2. The van der Waals surface area contributed by atoms with Crippen LogP contribution in [0.1, 0.15) is 36.7 Å². The van der Waals surface area contributed by atoms with Crippen LogP contribution in [0.4, 0.5) is 11.4 Å². The third kappa shape index (κ3) is 6.27. The van der Waals surface area contributed by atoms with Crippen molar-refractivity contribution >= 4 is 33.3 Å². The van der Waals surface area contributed by atoms with Gasteiger partial charge in [0, 0.05) is 37.9 Å². The number of benzene rings is 2. The summed E-state index contributed by atoms with van der Waals surface area (Å²) in [4.78, 5) is 28.2. The number of nitrogens with zero attached hydrogens (tertiary/aromatic N) is 2. The Bertz CT molecular complexity index is 1140. The van der Waals surface area contributed by atoms with E-state index in [-0.39, 0.29) is 28.1 Å². The molecule has 10 heteroatoms. The summed E-state index contributed by atoms with van der Waals surface area (Å²) in [6, 6.07) is 11.5. The standard InChI is InChI=1S/C24H32N4O5S/c1-4-18-7-5-6-8-22(18)34(32,33)26-21-10-9-19(15-20(21)24(30)31)28-13-11-27(12-14-28)16-23(29)25-17(2)3/h5-10,15,17,26H,4,11-14,16H2,1-3H3,(H,25,29)(H,30,31). The van der Waals surface area contributed by atoms with Gasteiger partial charge in [-0.15, -0.1) is 0 Å². The molecule has 0 radical (unpaired) electrons. The smallest absolute Gasteiger partial charge is 0.337 e. The van der Waals surface area contributed by atoms with E-state index in [2.05, 4.69) is 14.9 Å². The molecule has 0 saturated carbocycles. The molecule has 34 heavy (non-hydrogen) atoms. The Morgan fingerprint density at radius 2 is 1.74 bits per heavy atom. The van der Waals surface area contributed by atoms with Crippen molar-refractivity contribution in [2.75, 3.05) is 42.3 Å². The van der Waals surface area contributed by atoms with Crippen molar-refractivity contribution in [2.45, 2.75) is 38.1 Å². The molecule has 1 heterocycles. The van der Waals surface area contributed by atoms with E-state index in [1.54, 1.807) is 24.3 Å². The van der Waals surface area contributed by atoms with Crippen LogP contribution in [0.2, 0.25) is 0 Å². The Morgan fingerprint density at radius 1 is 1.06 bits per heavy atom. The summed E-state index contributed by atoms with van der Waals surface area (Å²) >= 11 is 0. The van der Waals surface area contributed by atoms with E-state index in [4.69, 9.17) is 0 Å². The highest BCUT2D eigenvalue weighted by molar-refractivity contribution is 7.92. The van der Waals surface area contributed by atoms with Crippen LogP contribution in [0.25, 0.3) is 0 Å². The molecule has 1 fully saturated rings. The van der Waals surface area contributed by atoms with Crippen LogP contribution in [-0.2, 0) is 21.2 Å². The number of carboxylic acid groups (broad SMARTS) is 1. The molecule has 1 aliphatic heterocycles. The first kappa shape index (κ1) is 25.5. The van der Waals surface area contributed by atoms with E-state index in [9.17, 15) is 23.1 Å². The van der Waals surface area contributed by atoms with Crippen molar-refractivity contribution in [3.8, 4) is 0 Å². The minimum absolute atomic E-state index is 0.0158. The quantitative estimate of drug-likeness (QED) is 0.496. The molecule has 0 atom stereocenters. The molecule has 1 saturated heterocycles. The lowest BCUT2D eigenvalue weighted by atomic mass is 10.1. The maximum atomic E-state index is 13.0. The highest BCUT2D eigenvalue weighted by Gasteiger charge is 2.24. The molecular formula is C24H32N4O5S. The van der Waals surface area contributed by atoms with Gasteiger partial charge in [-0.3, -0.25) is 14.4 Å². The van der Waals surface area contributed by atoms with Crippen molar-refractivity contribution in [3.05, 3.63) is 53.6 Å². The average molecular weight is 489 g/mol. The van der Waals surface area contributed by atoms with Crippen LogP contribution in [0.5, 0.6) is 0 Å². The molecule has 0 aromatic heterocycles. The zero-order valence-corrected chi connectivity index (χ0v) is 20.6. The predicted molar refractivity (Wildman–Crippen MR) is 132 cm³/mol. The lowest BCUT2D eigenvalue weighted by Crippen LogP contribution is -2.50. The second-order valence-corrected chi connectivity index (χ2v) is 10.2. The Kier molecular flexibility index (Phi) is 8.16. The molecule has 1 amide bonds. The number of carbonyl (C=O) groups is 2. The summed E-state index contributed by atoms with van der Waals surface area (Å²) in [7, 11) is -3.95. The zero-order chi connectivity index (χ0) is 24.9. The topological polar surface area (TPSA) is 119 Å². The number of amides is 1. The fraction of sp³-hybridized carbons (Fsp3) is 0.417.